The number of rotatable bonds is 4. The van der Waals surface area contributed by atoms with Gasteiger partial charge in [-0.05, 0) is 23.1 Å². The molecule has 0 aliphatic rings. The summed E-state index contributed by atoms with van der Waals surface area (Å²) in [4.78, 5) is 4.26. The van der Waals surface area contributed by atoms with Gasteiger partial charge in [-0.15, -0.1) is 23.1 Å². The largest absolute Gasteiger partial charge is 0.325 e. The third kappa shape index (κ3) is 2.81. The zero-order valence-corrected chi connectivity index (χ0v) is 9.85. The highest BCUT2D eigenvalue weighted by molar-refractivity contribution is 8.00. The average molecular weight is 236 g/mol. The van der Waals surface area contributed by atoms with E-state index in [1.54, 1.807) is 17.5 Å². The van der Waals surface area contributed by atoms with Gasteiger partial charge in [0.25, 0.3) is 0 Å². The lowest BCUT2D eigenvalue weighted by molar-refractivity contribution is 0.964. The molecule has 2 aromatic rings. The molecule has 2 heterocycles. The Morgan fingerprint density at radius 2 is 2.27 bits per heavy atom. The van der Waals surface area contributed by atoms with Gasteiger partial charge < -0.3 is 5.73 Å². The van der Waals surface area contributed by atoms with Crippen LogP contribution in [-0.4, -0.2) is 4.98 Å². The molecule has 0 aliphatic heterocycles. The topological polar surface area (TPSA) is 38.9 Å². The van der Waals surface area contributed by atoms with Crippen LogP contribution < -0.4 is 5.73 Å². The summed E-state index contributed by atoms with van der Waals surface area (Å²) in [6.07, 6.45) is 1.79. The highest BCUT2D eigenvalue weighted by atomic mass is 32.2. The molecule has 0 aromatic carbocycles. The van der Waals surface area contributed by atoms with Crippen LogP contribution in [0.4, 0.5) is 0 Å². The maximum Gasteiger partial charge on any atom is 0.0601 e. The SMILES string of the molecule is NCc1ncccc1CSc1cccs1. The summed E-state index contributed by atoms with van der Waals surface area (Å²) in [5.74, 6) is 0.945. The maximum atomic E-state index is 5.63. The van der Waals surface area contributed by atoms with Crippen LogP contribution in [0.1, 0.15) is 11.3 Å². The fourth-order valence-corrected chi connectivity index (χ4v) is 3.08. The van der Waals surface area contributed by atoms with E-state index in [1.165, 1.54) is 9.77 Å². The highest BCUT2D eigenvalue weighted by Crippen LogP contribution is 2.27. The summed E-state index contributed by atoms with van der Waals surface area (Å²) >= 11 is 3.60. The van der Waals surface area contributed by atoms with Crippen molar-refractivity contribution in [3.05, 3.63) is 47.1 Å². The Kier molecular flexibility index (Phi) is 3.77. The minimum atomic E-state index is 0.515. The third-order valence-electron chi connectivity index (χ3n) is 2.04. The zero-order valence-electron chi connectivity index (χ0n) is 8.22. The normalized spacial score (nSPS) is 10.5. The minimum absolute atomic E-state index is 0.515. The predicted octanol–water partition coefficient (Wildman–Crippen LogP) is 2.89. The standard InChI is InChI=1S/C11H12N2S2/c12-7-10-9(3-1-5-13-10)8-15-11-4-2-6-14-11/h1-6H,7-8,12H2. The first-order valence-corrected chi connectivity index (χ1v) is 6.56. The molecule has 0 aliphatic carbocycles. The van der Waals surface area contributed by atoms with Crippen LogP contribution in [0.5, 0.6) is 0 Å². The minimum Gasteiger partial charge on any atom is -0.325 e. The van der Waals surface area contributed by atoms with Crippen molar-refractivity contribution < 1.29 is 0 Å². The van der Waals surface area contributed by atoms with Gasteiger partial charge in [0.2, 0.25) is 0 Å². The van der Waals surface area contributed by atoms with Gasteiger partial charge in [-0.2, -0.15) is 0 Å². The molecule has 0 atom stereocenters. The fourth-order valence-electron chi connectivity index (χ4n) is 1.28. The number of hydrogen-bond acceptors (Lipinski definition) is 4. The van der Waals surface area contributed by atoms with Gasteiger partial charge in [0, 0.05) is 18.5 Å². The second-order valence-electron chi connectivity index (χ2n) is 3.03. The van der Waals surface area contributed by atoms with E-state index in [0.717, 1.165) is 11.4 Å². The van der Waals surface area contributed by atoms with Crippen LogP contribution in [0.15, 0.2) is 40.1 Å². The molecule has 0 saturated carbocycles. The number of thioether (sulfide) groups is 1. The van der Waals surface area contributed by atoms with Gasteiger partial charge in [0.15, 0.2) is 0 Å². The summed E-state index contributed by atoms with van der Waals surface area (Å²) < 4.78 is 1.34. The van der Waals surface area contributed by atoms with Crippen LogP contribution in [0.25, 0.3) is 0 Å². The van der Waals surface area contributed by atoms with Gasteiger partial charge in [-0.3, -0.25) is 4.98 Å². The van der Waals surface area contributed by atoms with E-state index < -0.39 is 0 Å². The Bertz CT molecular complexity index is 412. The molecular weight excluding hydrogens is 224 g/mol. The Balaban J connectivity index is 2.04. The van der Waals surface area contributed by atoms with Crippen LogP contribution >= 0.6 is 23.1 Å². The number of thiophene rings is 1. The monoisotopic (exact) mass is 236 g/mol. The van der Waals surface area contributed by atoms with E-state index >= 15 is 0 Å². The lowest BCUT2D eigenvalue weighted by Gasteiger charge is -2.04. The molecule has 2 N–H and O–H groups in total. The molecular formula is C11H12N2S2. The van der Waals surface area contributed by atoms with Crippen molar-refractivity contribution in [2.45, 2.75) is 16.5 Å². The molecule has 2 aromatic heterocycles. The van der Waals surface area contributed by atoms with Gasteiger partial charge >= 0.3 is 0 Å². The van der Waals surface area contributed by atoms with E-state index in [0.29, 0.717) is 6.54 Å². The van der Waals surface area contributed by atoms with Gasteiger partial charge in [-0.1, -0.05) is 12.1 Å². The van der Waals surface area contributed by atoms with Crippen LogP contribution in [-0.2, 0) is 12.3 Å². The molecule has 0 amide bonds. The smallest absolute Gasteiger partial charge is 0.0601 e. The molecule has 15 heavy (non-hydrogen) atoms. The van der Waals surface area contributed by atoms with E-state index in [9.17, 15) is 0 Å². The van der Waals surface area contributed by atoms with Gasteiger partial charge in [0.1, 0.15) is 0 Å². The molecule has 2 nitrogen and oxygen atoms in total. The van der Waals surface area contributed by atoms with Crippen molar-refractivity contribution in [3.63, 3.8) is 0 Å². The number of pyridine rings is 1. The Morgan fingerprint density at radius 3 is 3.00 bits per heavy atom. The van der Waals surface area contributed by atoms with Crippen molar-refractivity contribution >= 4 is 23.1 Å². The summed E-state index contributed by atoms with van der Waals surface area (Å²) in [5.41, 5.74) is 7.87. The molecule has 0 fully saturated rings. The van der Waals surface area contributed by atoms with Gasteiger partial charge in [0.05, 0.1) is 9.90 Å². The van der Waals surface area contributed by atoms with Crippen molar-refractivity contribution in [2.24, 2.45) is 5.73 Å². The predicted molar refractivity (Wildman–Crippen MR) is 66.0 cm³/mol. The fraction of sp³-hybridized carbons (Fsp3) is 0.182. The average Bonchev–Trinajstić information content (AvgIpc) is 2.79. The Labute approximate surface area is 97.5 Å². The molecule has 0 radical (unpaired) electrons. The first-order valence-electron chi connectivity index (χ1n) is 4.69. The molecule has 78 valence electrons. The summed E-state index contributed by atoms with van der Waals surface area (Å²) in [7, 11) is 0. The number of nitrogens with zero attached hydrogens (tertiary/aromatic N) is 1. The zero-order chi connectivity index (χ0) is 10.5. The van der Waals surface area contributed by atoms with E-state index in [4.69, 9.17) is 5.73 Å². The molecule has 0 bridgehead atoms. The van der Waals surface area contributed by atoms with Crippen molar-refractivity contribution in [2.75, 3.05) is 0 Å². The van der Waals surface area contributed by atoms with Crippen molar-refractivity contribution in [1.82, 2.24) is 4.98 Å². The maximum absolute atomic E-state index is 5.63. The summed E-state index contributed by atoms with van der Waals surface area (Å²) in [5, 5.41) is 2.09. The second kappa shape index (κ2) is 5.30. The number of nitrogens with two attached hydrogens (primary N) is 1. The summed E-state index contributed by atoms with van der Waals surface area (Å²) in [6, 6.07) is 8.26. The second-order valence-corrected chi connectivity index (χ2v) is 5.26. The molecule has 0 saturated heterocycles. The van der Waals surface area contributed by atoms with E-state index in [2.05, 4.69) is 28.6 Å². The van der Waals surface area contributed by atoms with Crippen molar-refractivity contribution in [1.29, 1.82) is 0 Å². The first kappa shape index (κ1) is 10.7. The first-order chi connectivity index (χ1) is 7.40. The molecule has 2 rings (SSSR count). The quantitative estimate of drug-likeness (QED) is 0.830. The van der Waals surface area contributed by atoms with Crippen LogP contribution in [0.2, 0.25) is 0 Å². The highest BCUT2D eigenvalue weighted by Gasteiger charge is 2.02. The lowest BCUT2D eigenvalue weighted by Crippen LogP contribution is -2.03. The summed E-state index contributed by atoms with van der Waals surface area (Å²) in [6.45, 7) is 0.515. The van der Waals surface area contributed by atoms with Crippen molar-refractivity contribution in [3.8, 4) is 0 Å². The van der Waals surface area contributed by atoms with Crippen LogP contribution in [0.3, 0.4) is 0 Å². The van der Waals surface area contributed by atoms with Gasteiger partial charge in [-0.25, -0.2) is 0 Å². The van der Waals surface area contributed by atoms with E-state index in [1.807, 2.05) is 17.8 Å². The molecule has 4 heteroatoms. The van der Waals surface area contributed by atoms with E-state index in [-0.39, 0.29) is 0 Å². The molecule has 0 spiro atoms. The lowest BCUT2D eigenvalue weighted by atomic mass is 10.2. The molecule has 0 unspecified atom stereocenters. The number of aromatic nitrogens is 1. The Hall–Kier alpha value is -0.840. The Morgan fingerprint density at radius 1 is 1.33 bits per heavy atom. The van der Waals surface area contributed by atoms with Crippen LogP contribution in [0, 0.1) is 0 Å². The number of hydrogen-bond donors (Lipinski definition) is 1. The third-order valence-corrected chi connectivity index (χ3v) is 4.22.